The Morgan fingerprint density at radius 3 is 2.94 bits per heavy atom. The highest BCUT2D eigenvalue weighted by Gasteiger charge is 2.37. The Hall–Kier alpha value is -1.16. The van der Waals surface area contributed by atoms with Crippen LogP contribution >= 0.6 is 0 Å². The average molecular weight is 223 g/mol. The number of amides is 2. The summed E-state index contributed by atoms with van der Waals surface area (Å²) in [6.07, 6.45) is 6.40. The molecule has 2 amide bonds. The Bertz CT molecular complexity index is 331. The molecule has 4 nitrogen and oxygen atoms in total. The van der Waals surface area contributed by atoms with Gasteiger partial charge in [0.15, 0.2) is 0 Å². The molecule has 16 heavy (non-hydrogen) atoms. The number of rotatable bonds is 4. The zero-order chi connectivity index (χ0) is 11.6. The van der Waals surface area contributed by atoms with E-state index in [-0.39, 0.29) is 17.4 Å². The van der Waals surface area contributed by atoms with Crippen molar-refractivity contribution >= 4 is 11.8 Å². The van der Waals surface area contributed by atoms with E-state index in [1.54, 1.807) is 0 Å². The fraction of sp³-hybridized carbons (Fsp3) is 0.667. The summed E-state index contributed by atoms with van der Waals surface area (Å²) in [6.45, 7) is 3.45. The maximum absolute atomic E-state index is 11.6. The molecule has 0 aliphatic carbocycles. The van der Waals surface area contributed by atoms with Gasteiger partial charge in [0.05, 0.1) is 12.2 Å². The molecule has 0 bridgehead atoms. The van der Waals surface area contributed by atoms with Crippen molar-refractivity contribution in [2.45, 2.75) is 38.2 Å². The zero-order valence-corrected chi connectivity index (χ0v) is 9.57. The molecule has 0 saturated carbocycles. The molecular formula is C12H17NO3. The Morgan fingerprint density at radius 1 is 1.62 bits per heavy atom. The van der Waals surface area contributed by atoms with E-state index in [4.69, 9.17) is 4.74 Å². The molecule has 2 rings (SSSR count). The molecule has 0 aromatic heterocycles. The summed E-state index contributed by atoms with van der Waals surface area (Å²) in [5.41, 5.74) is 0.0385. The first-order chi connectivity index (χ1) is 7.61. The van der Waals surface area contributed by atoms with Crippen LogP contribution in [-0.2, 0) is 14.3 Å². The van der Waals surface area contributed by atoms with Crippen molar-refractivity contribution in [2.75, 3.05) is 13.2 Å². The van der Waals surface area contributed by atoms with Crippen LogP contribution in [0, 0.1) is 0 Å². The van der Waals surface area contributed by atoms with Crippen molar-refractivity contribution in [2.24, 2.45) is 0 Å². The maximum atomic E-state index is 11.6. The number of epoxide rings is 1. The van der Waals surface area contributed by atoms with Crippen molar-refractivity contribution in [1.82, 2.24) is 4.90 Å². The molecule has 0 radical (unpaired) electrons. The van der Waals surface area contributed by atoms with E-state index in [1.165, 1.54) is 11.0 Å². The van der Waals surface area contributed by atoms with E-state index in [0.29, 0.717) is 13.0 Å². The summed E-state index contributed by atoms with van der Waals surface area (Å²) in [4.78, 5) is 24.2. The molecule has 1 atom stereocenters. The SMILES string of the molecule is CC1(CC/C=C/C(=O)N2CCCC2=O)CO1. The van der Waals surface area contributed by atoms with Crippen molar-refractivity contribution in [3.63, 3.8) is 0 Å². The Kier molecular flexibility index (Phi) is 3.10. The van der Waals surface area contributed by atoms with E-state index >= 15 is 0 Å². The number of carbonyl (C=O) groups excluding carboxylic acids is 2. The highest BCUT2D eigenvalue weighted by molar-refractivity contribution is 6.01. The molecule has 0 aromatic carbocycles. The lowest BCUT2D eigenvalue weighted by atomic mass is 10.1. The summed E-state index contributed by atoms with van der Waals surface area (Å²) in [5, 5.41) is 0. The first kappa shape index (κ1) is 11.3. The highest BCUT2D eigenvalue weighted by Crippen LogP contribution is 2.31. The molecule has 2 heterocycles. The number of likely N-dealkylation sites (tertiary alicyclic amines) is 1. The van der Waals surface area contributed by atoms with Crippen molar-refractivity contribution in [3.05, 3.63) is 12.2 Å². The fourth-order valence-corrected chi connectivity index (χ4v) is 1.81. The number of nitrogens with zero attached hydrogens (tertiary/aromatic N) is 1. The van der Waals surface area contributed by atoms with Gasteiger partial charge in [-0.05, 0) is 32.3 Å². The minimum atomic E-state index is -0.177. The first-order valence-electron chi connectivity index (χ1n) is 5.76. The van der Waals surface area contributed by atoms with E-state index in [1.807, 2.05) is 6.08 Å². The topological polar surface area (TPSA) is 49.9 Å². The second-order valence-electron chi connectivity index (χ2n) is 4.67. The quantitative estimate of drug-likeness (QED) is 0.532. The number of imide groups is 1. The maximum Gasteiger partial charge on any atom is 0.252 e. The number of carbonyl (C=O) groups is 2. The third-order valence-corrected chi connectivity index (χ3v) is 3.08. The second-order valence-corrected chi connectivity index (χ2v) is 4.67. The Morgan fingerprint density at radius 2 is 2.38 bits per heavy atom. The lowest BCUT2D eigenvalue weighted by molar-refractivity contribution is -0.138. The van der Waals surface area contributed by atoms with Gasteiger partial charge in [-0.15, -0.1) is 0 Å². The summed E-state index contributed by atoms with van der Waals surface area (Å²) < 4.78 is 5.24. The van der Waals surface area contributed by atoms with Gasteiger partial charge in [0.2, 0.25) is 5.91 Å². The summed E-state index contributed by atoms with van der Waals surface area (Å²) in [7, 11) is 0. The summed E-state index contributed by atoms with van der Waals surface area (Å²) in [6, 6.07) is 0. The zero-order valence-electron chi connectivity index (χ0n) is 9.57. The lowest BCUT2D eigenvalue weighted by Crippen LogP contribution is -2.30. The average Bonchev–Trinajstić information content (AvgIpc) is 2.81. The minimum absolute atomic E-state index is 0.0385. The monoisotopic (exact) mass is 223 g/mol. The highest BCUT2D eigenvalue weighted by atomic mass is 16.6. The summed E-state index contributed by atoms with van der Waals surface area (Å²) in [5.74, 6) is -0.225. The predicted octanol–water partition coefficient (Wildman–Crippen LogP) is 1.26. The Labute approximate surface area is 95.2 Å². The molecule has 4 heteroatoms. The Balaban J connectivity index is 1.73. The van der Waals surface area contributed by atoms with Gasteiger partial charge in [-0.3, -0.25) is 14.5 Å². The van der Waals surface area contributed by atoms with Crippen LogP contribution < -0.4 is 0 Å². The smallest absolute Gasteiger partial charge is 0.252 e. The van der Waals surface area contributed by atoms with Gasteiger partial charge in [0.1, 0.15) is 0 Å². The standard InChI is InChI=1S/C12H17NO3/c1-12(9-16-12)7-3-2-5-10(14)13-8-4-6-11(13)15/h2,5H,3-4,6-9H2,1H3/b5-2+. The van der Waals surface area contributed by atoms with Gasteiger partial charge in [-0.25, -0.2) is 0 Å². The number of hydrogen-bond acceptors (Lipinski definition) is 3. The van der Waals surface area contributed by atoms with Crippen LogP contribution in [0.2, 0.25) is 0 Å². The van der Waals surface area contributed by atoms with E-state index in [9.17, 15) is 9.59 Å². The van der Waals surface area contributed by atoms with Gasteiger partial charge >= 0.3 is 0 Å². The molecule has 2 aliphatic heterocycles. The molecular weight excluding hydrogens is 206 g/mol. The normalized spacial score (nSPS) is 29.1. The predicted molar refractivity (Wildman–Crippen MR) is 58.7 cm³/mol. The molecule has 88 valence electrons. The number of allylic oxidation sites excluding steroid dienone is 1. The molecule has 1 unspecified atom stereocenters. The van der Waals surface area contributed by atoms with Crippen molar-refractivity contribution in [1.29, 1.82) is 0 Å². The second kappa shape index (κ2) is 4.37. The van der Waals surface area contributed by atoms with Crippen LogP contribution in [0.3, 0.4) is 0 Å². The number of hydrogen-bond donors (Lipinski definition) is 0. The minimum Gasteiger partial charge on any atom is -0.370 e. The molecule has 0 aromatic rings. The van der Waals surface area contributed by atoms with E-state index < -0.39 is 0 Å². The lowest BCUT2D eigenvalue weighted by Gasteiger charge is -2.09. The first-order valence-corrected chi connectivity index (χ1v) is 5.76. The van der Waals surface area contributed by atoms with Crippen LogP contribution in [0.4, 0.5) is 0 Å². The van der Waals surface area contributed by atoms with Gasteiger partial charge in [-0.1, -0.05) is 6.08 Å². The molecule has 2 saturated heterocycles. The van der Waals surface area contributed by atoms with Crippen molar-refractivity contribution < 1.29 is 14.3 Å². The molecule has 2 aliphatic rings. The molecule has 0 spiro atoms. The van der Waals surface area contributed by atoms with Gasteiger partial charge in [-0.2, -0.15) is 0 Å². The van der Waals surface area contributed by atoms with Gasteiger partial charge < -0.3 is 4.74 Å². The fourth-order valence-electron chi connectivity index (χ4n) is 1.81. The van der Waals surface area contributed by atoms with Crippen LogP contribution in [0.5, 0.6) is 0 Å². The molecule has 2 fully saturated rings. The van der Waals surface area contributed by atoms with E-state index in [2.05, 4.69) is 6.92 Å². The molecule has 0 N–H and O–H groups in total. The van der Waals surface area contributed by atoms with Gasteiger partial charge in [0, 0.05) is 13.0 Å². The van der Waals surface area contributed by atoms with Crippen molar-refractivity contribution in [3.8, 4) is 0 Å². The van der Waals surface area contributed by atoms with Crippen LogP contribution in [0.1, 0.15) is 32.6 Å². The largest absolute Gasteiger partial charge is 0.370 e. The number of ether oxygens (including phenoxy) is 1. The van der Waals surface area contributed by atoms with Gasteiger partial charge in [0.25, 0.3) is 5.91 Å². The van der Waals surface area contributed by atoms with Crippen LogP contribution in [-0.4, -0.2) is 35.5 Å². The summed E-state index contributed by atoms with van der Waals surface area (Å²) >= 11 is 0. The van der Waals surface area contributed by atoms with Crippen LogP contribution in [0.15, 0.2) is 12.2 Å². The third kappa shape index (κ3) is 2.70. The van der Waals surface area contributed by atoms with E-state index in [0.717, 1.165) is 25.9 Å². The third-order valence-electron chi connectivity index (χ3n) is 3.08. The van der Waals surface area contributed by atoms with Crippen LogP contribution in [0.25, 0.3) is 0 Å².